The van der Waals surface area contributed by atoms with Gasteiger partial charge < -0.3 is 35.7 Å². The Labute approximate surface area is 160 Å². The first-order valence-corrected chi connectivity index (χ1v) is 9.20. The number of carbonyl (C=O) groups is 1. The normalized spacial score (nSPS) is 29.9. The van der Waals surface area contributed by atoms with Crippen LogP contribution in [0.25, 0.3) is 11.2 Å². The number of aliphatic hydroxyl groups is 2. The van der Waals surface area contributed by atoms with Crippen molar-refractivity contribution in [2.45, 2.75) is 44.0 Å². The maximum absolute atomic E-state index is 12.0. The van der Waals surface area contributed by atoms with E-state index in [9.17, 15) is 15.0 Å². The van der Waals surface area contributed by atoms with Gasteiger partial charge in [0.25, 0.3) is 12.2 Å². The second-order valence-electron chi connectivity index (χ2n) is 6.71. The fourth-order valence-corrected chi connectivity index (χ4v) is 3.23. The Balaban J connectivity index is 1.50. The zero-order valence-electron chi connectivity index (χ0n) is 15.3. The smallest absolute Gasteiger partial charge is 0.254 e. The molecule has 4 rings (SSSR count). The minimum absolute atomic E-state index is 0.239. The zero-order chi connectivity index (χ0) is 19.7. The highest BCUT2D eigenvalue weighted by atomic mass is 16.8. The minimum atomic E-state index is -1.41. The van der Waals surface area contributed by atoms with Gasteiger partial charge in [0.05, 0.1) is 6.20 Å². The summed E-state index contributed by atoms with van der Waals surface area (Å²) < 4.78 is 6.64. The van der Waals surface area contributed by atoms with Crippen LogP contribution in [0.1, 0.15) is 13.3 Å². The van der Waals surface area contributed by atoms with Gasteiger partial charge in [-0.15, -0.1) is 4.73 Å². The van der Waals surface area contributed by atoms with Crippen LogP contribution in [0.3, 0.4) is 0 Å². The third-order valence-corrected chi connectivity index (χ3v) is 4.70. The molecule has 2 aliphatic rings. The van der Waals surface area contributed by atoms with Crippen LogP contribution < -0.4 is 20.8 Å². The standard InChI is InChI=1S/C16H23N7O5/c1-2-18-14(26)12-10(24)11(25)15(27-12)28-23-7-20-9-6-19-16(22-13(9)23)21-8-3-4-17-5-8/h6-8,10-12,15,17,24-25H,2-5H2,1H3,(H,18,26)(H,19,21,22)/t8?,10-,11+,12-,15-/m0/s1. The number of rotatable bonds is 6. The molecule has 0 bridgehead atoms. The minimum Gasteiger partial charge on any atom is -0.387 e. The number of carbonyl (C=O) groups excluding carboxylic acids is 1. The van der Waals surface area contributed by atoms with E-state index in [1.54, 1.807) is 13.1 Å². The van der Waals surface area contributed by atoms with Crippen molar-refractivity contribution in [2.75, 3.05) is 25.0 Å². The number of aliphatic hydroxyl groups excluding tert-OH is 2. The molecule has 2 aliphatic heterocycles. The Kier molecular flexibility index (Phi) is 5.26. The fourth-order valence-electron chi connectivity index (χ4n) is 3.23. The first-order chi connectivity index (χ1) is 13.6. The number of ether oxygens (including phenoxy) is 1. The van der Waals surface area contributed by atoms with E-state index in [-0.39, 0.29) is 6.04 Å². The van der Waals surface area contributed by atoms with Gasteiger partial charge in [-0.3, -0.25) is 4.79 Å². The monoisotopic (exact) mass is 393 g/mol. The van der Waals surface area contributed by atoms with E-state index in [1.165, 1.54) is 11.1 Å². The van der Waals surface area contributed by atoms with Crippen molar-refractivity contribution < 1.29 is 24.6 Å². The molecule has 2 aromatic heterocycles. The molecule has 1 unspecified atom stereocenters. The van der Waals surface area contributed by atoms with E-state index in [0.717, 1.165) is 19.5 Å². The molecule has 12 heteroatoms. The number of hydrogen-bond donors (Lipinski definition) is 5. The Morgan fingerprint density at radius 2 is 2.29 bits per heavy atom. The molecule has 0 spiro atoms. The number of nitrogens with zero attached hydrogens (tertiary/aromatic N) is 4. The zero-order valence-corrected chi connectivity index (χ0v) is 15.3. The predicted octanol–water partition coefficient (Wildman–Crippen LogP) is -2.39. The highest BCUT2D eigenvalue weighted by Gasteiger charge is 2.48. The first-order valence-electron chi connectivity index (χ1n) is 9.20. The number of likely N-dealkylation sites (N-methyl/N-ethyl adjacent to an activating group) is 1. The van der Waals surface area contributed by atoms with Gasteiger partial charge in [-0.1, -0.05) is 0 Å². The number of hydrogen-bond acceptors (Lipinski definition) is 10. The lowest BCUT2D eigenvalue weighted by Gasteiger charge is -2.16. The Hall–Kier alpha value is -2.54. The van der Waals surface area contributed by atoms with Gasteiger partial charge in [0.2, 0.25) is 11.6 Å². The summed E-state index contributed by atoms with van der Waals surface area (Å²) in [6.07, 6.45) is -1.41. The van der Waals surface area contributed by atoms with Gasteiger partial charge in [-0.05, 0) is 19.9 Å². The summed E-state index contributed by atoms with van der Waals surface area (Å²) in [6, 6.07) is 0.239. The number of nitrogens with one attached hydrogen (secondary N) is 3. The van der Waals surface area contributed by atoms with Crippen LogP contribution in [0.2, 0.25) is 0 Å². The van der Waals surface area contributed by atoms with Crippen molar-refractivity contribution >= 4 is 23.0 Å². The van der Waals surface area contributed by atoms with E-state index in [2.05, 4.69) is 30.9 Å². The summed E-state index contributed by atoms with van der Waals surface area (Å²) >= 11 is 0. The lowest BCUT2D eigenvalue weighted by Crippen LogP contribution is -2.42. The van der Waals surface area contributed by atoms with Crippen molar-refractivity contribution in [1.29, 1.82) is 0 Å². The lowest BCUT2D eigenvalue weighted by molar-refractivity contribution is -0.171. The summed E-state index contributed by atoms with van der Waals surface area (Å²) in [5.41, 5.74) is 0.860. The fraction of sp³-hybridized carbons (Fsp3) is 0.625. The van der Waals surface area contributed by atoms with Gasteiger partial charge in [-0.2, -0.15) is 4.98 Å². The number of anilines is 1. The van der Waals surface area contributed by atoms with Gasteiger partial charge in [0, 0.05) is 19.1 Å². The summed E-state index contributed by atoms with van der Waals surface area (Å²) in [5, 5.41) is 29.3. The van der Waals surface area contributed by atoms with Crippen LogP contribution in [0.5, 0.6) is 0 Å². The van der Waals surface area contributed by atoms with Crippen molar-refractivity contribution in [3.05, 3.63) is 12.5 Å². The van der Waals surface area contributed by atoms with Gasteiger partial charge >= 0.3 is 0 Å². The van der Waals surface area contributed by atoms with Crippen LogP contribution in [0, 0.1) is 0 Å². The Bertz CT molecular complexity index is 840. The molecule has 0 saturated carbocycles. The van der Waals surface area contributed by atoms with Gasteiger partial charge in [0.15, 0.2) is 6.10 Å². The average Bonchev–Trinajstić information content (AvgIpc) is 3.39. The SMILES string of the molecule is CCNC(=O)[C@H]1O[C@@H](On2cnc3cnc(NC4CCNC4)nc32)[C@H](O)[C@@H]1O. The number of aromatic nitrogens is 4. The maximum atomic E-state index is 12.0. The van der Waals surface area contributed by atoms with E-state index in [4.69, 9.17) is 9.57 Å². The molecular formula is C16H23N7O5. The average molecular weight is 393 g/mol. The van der Waals surface area contributed by atoms with Gasteiger partial charge in [0.1, 0.15) is 24.1 Å². The summed E-state index contributed by atoms with van der Waals surface area (Å²) in [5.74, 6) is -0.0886. The van der Waals surface area contributed by atoms with E-state index < -0.39 is 30.5 Å². The third-order valence-electron chi connectivity index (χ3n) is 4.70. The summed E-state index contributed by atoms with van der Waals surface area (Å²) in [4.78, 5) is 30.4. The Morgan fingerprint density at radius 1 is 1.43 bits per heavy atom. The highest BCUT2D eigenvalue weighted by molar-refractivity contribution is 5.81. The molecule has 5 N–H and O–H groups in total. The molecule has 0 aliphatic carbocycles. The summed E-state index contributed by atoms with van der Waals surface area (Å²) in [7, 11) is 0. The second-order valence-corrected chi connectivity index (χ2v) is 6.71. The number of amides is 1. The predicted molar refractivity (Wildman–Crippen MR) is 96.2 cm³/mol. The molecular weight excluding hydrogens is 370 g/mol. The molecule has 2 aromatic rings. The molecule has 152 valence electrons. The highest BCUT2D eigenvalue weighted by Crippen LogP contribution is 2.22. The molecule has 4 heterocycles. The molecule has 0 aromatic carbocycles. The molecule has 0 radical (unpaired) electrons. The third kappa shape index (κ3) is 3.58. The van der Waals surface area contributed by atoms with Crippen molar-refractivity contribution in [3.8, 4) is 0 Å². The second kappa shape index (κ2) is 7.83. The van der Waals surface area contributed by atoms with E-state index >= 15 is 0 Å². The molecule has 1 amide bonds. The van der Waals surface area contributed by atoms with Crippen molar-refractivity contribution in [1.82, 2.24) is 30.3 Å². The van der Waals surface area contributed by atoms with E-state index in [1.807, 2.05) is 0 Å². The lowest BCUT2D eigenvalue weighted by atomic mass is 10.1. The van der Waals surface area contributed by atoms with E-state index in [0.29, 0.717) is 23.7 Å². The number of imidazole rings is 1. The molecule has 2 fully saturated rings. The van der Waals surface area contributed by atoms with Crippen molar-refractivity contribution in [3.63, 3.8) is 0 Å². The molecule has 2 saturated heterocycles. The van der Waals surface area contributed by atoms with Crippen molar-refractivity contribution in [2.24, 2.45) is 0 Å². The first kappa shape index (κ1) is 18.8. The topological polar surface area (TPSA) is 156 Å². The van der Waals surface area contributed by atoms with Crippen LogP contribution in [0.15, 0.2) is 12.5 Å². The van der Waals surface area contributed by atoms with Crippen LogP contribution in [0.4, 0.5) is 5.95 Å². The molecule has 28 heavy (non-hydrogen) atoms. The van der Waals surface area contributed by atoms with Crippen LogP contribution >= 0.6 is 0 Å². The van der Waals surface area contributed by atoms with Crippen LogP contribution in [-0.2, 0) is 9.53 Å². The molecule has 5 atom stereocenters. The van der Waals surface area contributed by atoms with Gasteiger partial charge in [-0.25, -0.2) is 9.97 Å². The quantitative estimate of drug-likeness (QED) is 0.359. The van der Waals surface area contributed by atoms with Crippen LogP contribution in [-0.4, -0.2) is 86.1 Å². The Morgan fingerprint density at radius 3 is 3.04 bits per heavy atom. The summed E-state index contributed by atoms with van der Waals surface area (Å²) in [6.45, 7) is 3.89. The largest absolute Gasteiger partial charge is 0.387 e. The molecule has 12 nitrogen and oxygen atoms in total. The maximum Gasteiger partial charge on any atom is 0.254 e. The number of fused-ring (bicyclic) bond motifs is 1.